The normalized spacial score (nSPS) is 15.3. The zero-order valence-corrected chi connectivity index (χ0v) is 17.8. The van der Waals surface area contributed by atoms with E-state index < -0.39 is 0 Å². The van der Waals surface area contributed by atoms with Crippen LogP contribution < -0.4 is 0 Å². The smallest absolute Gasteiger partial charge is 0.142 e. The van der Waals surface area contributed by atoms with Gasteiger partial charge in [-0.05, 0) is 36.8 Å². The summed E-state index contributed by atoms with van der Waals surface area (Å²) >= 11 is 12.5. The van der Waals surface area contributed by atoms with E-state index in [1.165, 1.54) is 5.56 Å². The van der Waals surface area contributed by atoms with E-state index in [0.29, 0.717) is 5.15 Å². The Labute approximate surface area is 181 Å². The van der Waals surface area contributed by atoms with Gasteiger partial charge in [0.25, 0.3) is 0 Å². The molecule has 5 nitrogen and oxygen atoms in total. The fourth-order valence-electron chi connectivity index (χ4n) is 3.40. The number of aromatic nitrogens is 2. The molecule has 0 aliphatic carbocycles. The van der Waals surface area contributed by atoms with E-state index in [-0.39, 0.29) is 0 Å². The van der Waals surface area contributed by atoms with E-state index in [1.807, 2.05) is 55.6 Å². The van der Waals surface area contributed by atoms with Crippen molar-refractivity contribution in [3.63, 3.8) is 0 Å². The van der Waals surface area contributed by atoms with Gasteiger partial charge in [-0.25, -0.2) is 4.68 Å². The molecule has 1 aliphatic heterocycles. The summed E-state index contributed by atoms with van der Waals surface area (Å²) < 4.78 is 1.75. The summed E-state index contributed by atoms with van der Waals surface area (Å²) in [5.74, 6) is 0. The third kappa shape index (κ3) is 4.81. The lowest BCUT2D eigenvalue weighted by molar-refractivity contribution is 0.131. The summed E-state index contributed by atoms with van der Waals surface area (Å²) in [6.07, 6.45) is 1.83. The molecule has 3 aromatic rings. The predicted molar refractivity (Wildman–Crippen MR) is 119 cm³/mol. The first-order chi connectivity index (χ1) is 14.1. The van der Waals surface area contributed by atoms with Crippen LogP contribution >= 0.6 is 23.2 Å². The molecule has 0 atom stereocenters. The highest BCUT2D eigenvalue weighted by atomic mass is 35.5. The van der Waals surface area contributed by atoms with Crippen molar-refractivity contribution in [1.82, 2.24) is 19.7 Å². The van der Waals surface area contributed by atoms with Crippen molar-refractivity contribution in [2.75, 3.05) is 26.2 Å². The van der Waals surface area contributed by atoms with Gasteiger partial charge in [0.1, 0.15) is 5.15 Å². The molecule has 1 aliphatic rings. The van der Waals surface area contributed by atoms with Gasteiger partial charge >= 0.3 is 0 Å². The lowest BCUT2D eigenvalue weighted by atomic mass is 10.2. The second kappa shape index (κ2) is 8.99. The fraction of sp³-hybridized carbons (Fsp3) is 0.273. The van der Waals surface area contributed by atoms with E-state index in [0.717, 1.165) is 54.7 Å². The van der Waals surface area contributed by atoms with Crippen molar-refractivity contribution in [2.45, 2.75) is 13.5 Å². The van der Waals surface area contributed by atoms with Crippen LogP contribution in [0.25, 0.3) is 5.69 Å². The highest BCUT2D eigenvalue weighted by Crippen LogP contribution is 2.22. The van der Waals surface area contributed by atoms with Gasteiger partial charge in [-0.1, -0.05) is 53.5 Å². The Morgan fingerprint density at radius 3 is 2.34 bits per heavy atom. The summed E-state index contributed by atoms with van der Waals surface area (Å²) in [6.45, 7) is 6.59. The van der Waals surface area contributed by atoms with Crippen LogP contribution in [0.5, 0.6) is 0 Å². The number of piperazine rings is 1. The Morgan fingerprint density at radius 1 is 0.966 bits per heavy atom. The molecule has 0 saturated carbocycles. The van der Waals surface area contributed by atoms with E-state index in [4.69, 9.17) is 23.2 Å². The average Bonchev–Trinajstić information content (AvgIpc) is 3.03. The van der Waals surface area contributed by atoms with E-state index in [9.17, 15) is 0 Å². The quantitative estimate of drug-likeness (QED) is 0.556. The molecule has 2 heterocycles. The molecule has 0 unspecified atom stereocenters. The van der Waals surface area contributed by atoms with Gasteiger partial charge in [0.2, 0.25) is 0 Å². The highest BCUT2D eigenvalue weighted by molar-refractivity contribution is 6.32. The van der Waals surface area contributed by atoms with Crippen LogP contribution in [0.4, 0.5) is 0 Å². The first-order valence-electron chi connectivity index (χ1n) is 9.66. The number of rotatable bonds is 5. The predicted octanol–water partition coefficient (Wildman–Crippen LogP) is 4.64. The van der Waals surface area contributed by atoms with Gasteiger partial charge in [-0.3, -0.25) is 9.91 Å². The second-order valence-electron chi connectivity index (χ2n) is 7.14. The first kappa shape index (κ1) is 20.0. The van der Waals surface area contributed by atoms with Gasteiger partial charge in [-0.15, -0.1) is 0 Å². The van der Waals surface area contributed by atoms with Crippen LogP contribution in [0.3, 0.4) is 0 Å². The maximum absolute atomic E-state index is 6.58. The van der Waals surface area contributed by atoms with Crippen molar-refractivity contribution in [1.29, 1.82) is 0 Å². The average molecular weight is 428 g/mol. The zero-order valence-electron chi connectivity index (χ0n) is 16.3. The van der Waals surface area contributed by atoms with E-state index >= 15 is 0 Å². The van der Waals surface area contributed by atoms with Gasteiger partial charge < -0.3 is 0 Å². The van der Waals surface area contributed by atoms with Crippen LogP contribution in [0.1, 0.15) is 16.8 Å². The molecule has 0 spiro atoms. The van der Waals surface area contributed by atoms with Crippen molar-refractivity contribution in [3.8, 4) is 5.69 Å². The van der Waals surface area contributed by atoms with Crippen LogP contribution in [-0.4, -0.2) is 52.1 Å². The molecule has 2 aromatic carbocycles. The molecule has 7 heteroatoms. The Hall–Kier alpha value is -2.34. The van der Waals surface area contributed by atoms with Gasteiger partial charge in [0, 0.05) is 37.7 Å². The van der Waals surface area contributed by atoms with Gasteiger partial charge in [0.05, 0.1) is 23.2 Å². The molecule has 0 amide bonds. The van der Waals surface area contributed by atoms with Crippen molar-refractivity contribution >= 4 is 29.4 Å². The Balaban J connectivity index is 1.37. The van der Waals surface area contributed by atoms with Crippen molar-refractivity contribution in [2.24, 2.45) is 5.10 Å². The zero-order chi connectivity index (χ0) is 20.2. The molecular formula is C22H23Cl2N5. The summed E-state index contributed by atoms with van der Waals surface area (Å²) in [5.41, 5.74) is 3.95. The third-order valence-corrected chi connectivity index (χ3v) is 5.68. The van der Waals surface area contributed by atoms with Gasteiger partial charge in [-0.2, -0.15) is 10.2 Å². The number of nitrogens with zero attached hydrogens (tertiary/aromatic N) is 5. The molecule has 0 bridgehead atoms. The largest absolute Gasteiger partial charge is 0.295 e. The molecule has 1 fully saturated rings. The minimum atomic E-state index is 0.582. The Bertz CT molecular complexity index is 974. The standard InChI is InChI=1S/C22H23Cl2N5/c1-17-21(22(24)29(26-17)20-5-3-2-4-6-20)15-25-28-13-11-27(12-14-28)16-18-7-9-19(23)10-8-18/h2-10,15H,11-14,16H2,1H3/b25-15+. The summed E-state index contributed by atoms with van der Waals surface area (Å²) in [5, 5.41) is 12.7. The first-order valence-corrected chi connectivity index (χ1v) is 10.4. The number of aryl methyl sites for hydroxylation is 1. The number of hydrazone groups is 1. The molecule has 1 aromatic heterocycles. The molecule has 150 valence electrons. The molecule has 1 saturated heterocycles. The van der Waals surface area contributed by atoms with Crippen LogP contribution in [-0.2, 0) is 6.54 Å². The topological polar surface area (TPSA) is 36.7 Å². The molecule has 0 N–H and O–H groups in total. The molecule has 4 rings (SSSR count). The summed E-state index contributed by atoms with van der Waals surface area (Å²) in [4.78, 5) is 2.43. The highest BCUT2D eigenvalue weighted by Gasteiger charge is 2.17. The molecule has 0 radical (unpaired) electrons. The number of para-hydroxylation sites is 1. The van der Waals surface area contributed by atoms with Crippen LogP contribution in [0.15, 0.2) is 59.7 Å². The number of benzene rings is 2. The molecular weight excluding hydrogens is 405 g/mol. The minimum absolute atomic E-state index is 0.582. The molecule has 29 heavy (non-hydrogen) atoms. The fourth-order valence-corrected chi connectivity index (χ4v) is 3.84. The van der Waals surface area contributed by atoms with Crippen LogP contribution in [0.2, 0.25) is 10.2 Å². The van der Waals surface area contributed by atoms with E-state index in [2.05, 4.69) is 32.2 Å². The number of halogens is 2. The Morgan fingerprint density at radius 2 is 1.66 bits per heavy atom. The van der Waals surface area contributed by atoms with E-state index in [1.54, 1.807) is 4.68 Å². The lowest BCUT2D eigenvalue weighted by Crippen LogP contribution is -2.43. The maximum atomic E-state index is 6.58. The van der Waals surface area contributed by atoms with Gasteiger partial charge in [0.15, 0.2) is 0 Å². The second-order valence-corrected chi connectivity index (χ2v) is 7.93. The minimum Gasteiger partial charge on any atom is -0.295 e. The monoisotopic (exact) mass is 427 g/mol. The summed E-state index contributed by atoms with van der Waals surface area (Å²) in [6, 6.07) is 17.9. The third-order valence-electron chi connectivity index (χ3n) is 5.07. The maximum Gasteiger partial charge on any atom is 0.142 e. The number of hydrogen-bond donors (Lipinski definition) is 0. The Kier molecular flexibility index (Phi) is 6.19. The van der Waals surface area contributed by atoms with Crippen molar-refractivity contribution in [3.05, 3.63) is 81.6 Å². The van der Waals surface area contributed by atoms with Crippen molar-refractivity contribution < 1.29 is 0 Å². The SMILES string of the molecule is Cc1nn(-c2ccccc2)c(Cl)c1/C=N/N1CCN(Cc2ccc(Cl)cc2)CC1. The lowest BCUT2D eigenvalue weighted by Gasteiger charge is -2.33. The van der Waals surface area contributed by atoms with Crippen LogP contribution in [0, 0.1) is 6.92 Å². The summed E-state index contributed by atoms with van der Waals surface area (Å²) in [7, 11) is 0. The number of hydrogen-bond acceptors (Lipinski definition) is 4.